The molecule has 1 aliphatic heterocycles. The summed E-state index contributed by atoms with van der Waals surface area (Å²) in [4.78, 5) is 13.4. The maximum atomic E-state index is 12.7. The number of fused-ring (bicyclic) bond motifs is 1. The Kier molecular flexibility index (Phi) is 4.50. The zero-order chi connectivity index (χ0) is 15.6. The predicted molar refractivity (Wildman–Crippen MR) is 66.1 cm³/mol. The van der Waals surface area contributed by atoms with Crippen molar-refractivity contribution in [3.05, 3.63) is 11.6 Å². The minimum atomic E-state index is -4.50. The first kappa shape index (κ1) is 15.7. The van der Waals surface area contributed by atoms with Crippen molar-refractivity contribution in [1.29, 1.82) is 0 Å². The van der Waals surface area contributed by atoms with E-state index in [1.807, 2.05) is 11.8 Å². The fraction of sp³-hybridized carbons (Fsp3) is 0.750. The maximum Gasteiger partial charge on any atom is 0.451 e. The Morgan fingerprint density at radius 1 is 1.38 bits per heavy atom. The molecule has 0 spiro atoms. The van der Waals surface area contributed by atoms with Gasteiger partial charge in [-0.1, -0.05) is 0 Å². The molecule has 9 heteroatoms. The highest BCUT2D eigenvalue weighted by Gasteiger charge is 2.39. The highest BCUT2D eigenvalue weighted by molar-refractivity contribution is 5.70. The Hall–Kier alpha value is -1.64. The van der Waals surface area contributed by atoms with E-state index in [2.05, 4.69) is 10.2 Å². The van der Waals surface area contributed by atoms with Gasteiger partial charge < -0.3 is 9.30 Å². The molecule has 6 nitrogen and oxygen atoms in total. The quantitative estimate of drug-likeness (QED) is 0.788. The van der Waals surface area contributed by atoms with Gasteiger partial charge in [-0.3, -0.25) is 9.69 Å². The number of carbonyl (C=O) groups is 1. The number of nitrogens with zero attached hydrogens (tertiary/aromatic N) is 4. The van der Waals surface area contributed by atoms with Crippen molar-refractivity contribution in [3.63, 3.8) is 0 Å². The number of rotatable bonds is 4. The fourth-order valence-electron chi connectivity index (χ4n) is 2.35. The third-order valence-electron chi connectivity index (χ3n) is 3.43. The molecule has 0 bridgehead atoms. The van der Waals surface area contributed by atoms with Crippen LogP contribution >= 0.6 is 0 Å². The van der Waals surface area contributed by atoms with Gasteiger partial charge >= 0.3 is 12.1 Å². The molecule has 1 atom stereocenters. The van der Waals surface area contributed by atoms with Gasteiger partial charge in [0.1, 0.15) is 5.82 Å². The van der Waals surface area contributed by atoms with Gasteiger partial charge in [-0.05, 0) is 13.8 Å². The molecular formula is C12H17F3N4O2. The molecule has 118 valence electrons. The summed E-state index contributed by atoms with van der Waals surface area (Å²) < 4.78 is 44.1. The molecule has 0 saturated carbocycles. The topological polar surface area (TPSA) is 60.2 Å². The second-order valence-electron chi connectivity index (χ2n) is 4.92. The molecule has 0 aromatic carbocycles. The first-order chi connectivity index (χ1) is 9.82. The van der Waals surface area contributed by atoms with E-state index < -0.39 is 12.0 Å². The second kappa shape index (κ2) is 6.00. The molecule has 1 unspecified atom stereocenters. The van der Waals surface area contributed by atoms with Gasteiger partial charge in [0.2, 0.25) is 5.82 Å². The summed E-state index contributed by atoms with van der Waals surface area (Å²) in [6.45, 7) is 4.69. The highest BCUT2D eigenvalue weighted by Crippen LogP contribution is 2.29. The lowest BCUT2D eigenvalue weighted by molar-refractivity contribution is -0.148. The van der Waals surface area contributed by atoms with Crippen molar-refractivity contribution in [3.8, 4) is 0 Å². The van der Waals surface area contributed by atoms with E-state index >= 15 is 0 Å². The summed E-state index contributed by atoms with van der Waals surface area (Å²) in [7, 11) is 0. The first-order valence-corrected chi connectivity index (χ1v) is 6.71. The minimum Gasteiger partial charge on any atom is -0.466 e. The Morgan fingerprint density at radius 2 is 2.10 bits per heavy atom. The summed E-state index contributed by atoms with van der Waals surface area (Å²) >= 11 is 0. The van der Waals surface area contributed by atoms with Gasteiger partial charge in [0.25, 0.3) is 0 Å². The van der Waals surface area contributed by atoms with Crippen LogP contribution in [-0.4, -0.2) is 44.8 Å². The smallest absolute Gasteiger partial charge is 0.451 e. The Morgan fingerprint density at radius 3 is 2.71 bits per heavy atom. The van der Waals surface area contributed by atoms with Crippen LogP contribution in [0.5, 0.6) is 0 Å². The lowest BCUT2D eigenvalue weighted by atomic mass is 10.2. The van der Waals surface area contributed by atoms with Crippen LogP contribution in [0, 0.1) is 0 Å². The van der Waals surface area contributed by atoms with E-state index in [1.165, 1.54) is 0 Å². The summed E-state index contributed by atoms with van der Waals surface area (Å²) in [5, 5.41) is 6.83. The zero-order valence-corrected chi connectivity index (χ0v) is 11.9. The predicted octanol–water partition coefficient (Wildman–Crippen LogP) is 1.45. The standard InChI is InChI=1S/C12H17F3N4O2/c1-3-21-10(20)6-8(2)18-4-5-19-9(7-18)16-17-11(19)12(13,14)15/h8H,3-7H2,1-2H3. The van der Waals surface area contributed by atoms with E-state index in [0.29, 0.717) is 13.2 Å². The van der Waals surface area contributed by atoms with Gasteiger partial charge in [-0.15, -0.1) is 10.2 Å². The van der Waals surface area contributed by atoms with Crippen LogP contribution in [0.25, 0.3) is 0 Å². The van der Waals surface area contributed by atoms with Crippen molar-refractivity contribution in [2.45, 2.75) is 45.6 Å². The molecule has 0 fully saturated rings. The summed E-state index contributed by atoms with van der Waals surface area (Å²) in [5.74, 6) is -1.01. The Balaban J connectivity index is 2.03. The van der Waals surface area contributed by atoms with Crippen LogP contribution in [-0.2, 0) is 28.8 Å². The molecule has 21 heavy (non-hydrogen) atoms. The van der Waals surface area contributed by atoms with Gasteiger partial charge in [0.15, 0.2) is 0 Å². The van der Waals surface area contributed by atoms with Gasteiger partial charge in [-0.25, -0.2) is 0 Å². The maximum absolute atomic E-state index is 12.7. The van der Waals surface area contributed by atoms with Crippen LogP contribution < -0.4 is 0 Å². The summed E-state index contributed by atoms with van der Waals surface area (Å²) in [6.07, 6.45) is -4.29. The number of hydrogen-bond acceptors (Lipinski definition) is 5. The van der Waals surface area contributed by atoms with E-state index in [0.717, 1.165) is 4.57 Å². The molecule has 0 aliphatic carbocycles. The van der Waals surface area contributed by atoms with Crippen LogP contribution in [0.15, 0.2) is 0 Å². The Labute approximate surface area is 119 Å². The SMILES string of the molecule is CCOC(=O)CC(C)N1CCn2c(nnc2C(F)(F)F)C1. The second-order valence-corrected chi connectivity index (χ2v) is 4.92. The number of carbonyl (C=O) groups excluding carboxylic acids is 1. The number of aromatic nitrogens is 3. The number of esters is 1. The highest BCUT2D eigenvalue weighted by atomic mass is 19.4. The summed E-state index contributed by atoms with van der Waals surface area (Å²) in [5.41, 5.74) is 0. The van der Waals surface area contributed by atoms with Gasteiger partial charge in [-0.2, -0.15) is 13.2 Å². The Bertz CT molecular complexity index is 515. The number of alkyl halides is 3. The van der Waals surface area contributed by atoms with E-state index in [1.54, 1.807) is 6.92 Å². The monoisotopic (exact) mass is 306 g/mol. The average molecular weight is 306 g/mol. The van der Waals surface area contributed by atoms with Crippen LogP contribution in [0.1, 0.15) is 31.9 Å². The third-order valence-corrected chi connectivity index (χ3v) is 3.43. The fourth-order valence-corrected chi connectivity index (χ4v) is 2.35. The molecule has 1 aliphatic rings. The summed E-state index contributed by atoms with van der Waals surface area (Å²) in [6, 6.07) is -0.121. The minimum absolute atomic E-state index is 0.121. The van der Waals surface area contributed by atoms with Crippen molar-refractivity contribution in [2.24, 2.45) is 0 Å². The van der Waals surface area contributed by atoms with E-state index in [-0.39, 0.29) is 37.3 Å². The van der Waals surface area contributed by atoms with Gasteiger partial charge in [0, 0.05) is 19.1 Å². The molecule has 0 radical (unpaired) electrons. The molecular weight excluding hydrogens is 289 g/mol. The molecule has 0 N–H and O–H groups in total. The van der Waals surface area contributed by atoms with Gasteiger partial charge in [0.05, 0.1) is 19.6 Å². The molecule has 2 heterocycles. The number of halogens is 3. The normalized spacial score (nSPS) is 17.4. The lowest BCUT2D eigenvalue weighted by Gasteiger charge is -2.32. The third kappa shape index (κ3) is 3.52. The zero-order valence-electron chi connectivity index (χ0n) is 11.9. The molecule has 1 aromatic heterocycles. The van der Waals surface area contributed by atoms with Crippen molar-refractivity contribution in [1.82, 2.24) is 19.7 Å². The largest absolute Gasteiger partial charge is 0.466 e. The van der Waals surface area contributed by atoms with E-state index in [9.17, 15) is 18.0 Å². The molecule has 1 aromatic rings. The van der Waals surface area contributed by atoms with Crippen LogP contribution in [0.2, 0.25) is 0 Å². The van der Waals surface area contributed by atoms with Crippen molar-refractivity contribution in [2.75, 3.05) is 13.2 Å². The van der Waals surface area contributed by atoms with Crippen LogP contribution in [0.4, 0.5) is 13.2 Å². The van der Waals surface area contributed by atoms with E-state index in [4.69, 9.17) is 4.74 Å². The van der Waals surface area contributed by atoms with Crippen molar-refractivity contribution >= 4 is 5.97 Å². The van der Waals surface area contributed by atoms with Crippen LogP contribution in [0.3, 0.4) is 0 Å². The lowest BCUT2D eigenvalue weighted by Crippen LogP contribution is -2.41. The number of hydrogen-bond donors (Lipinski definition) is 0. The molecule has 2 rings (SSSR count). The van der Waals surface area contributed by atoms with Crippen molar-refractivity contribution < 1.29 is 22.7 Å². The first-order valence-electron chi connectivity index (χ1n) is 6.71. The average Bonchev–Trinajstić information content (AvgIpc) is 2.81. The molecule has 0 saturated heterocycles. The molecule has 0 amide bonds. The number of ether oxygens (including phenoxy) is 1.